The Kier molecular flexibility index (Phi) is 5.83. The highest BCUT2D eigenvalue weighted by molar-refractivity contribution is 8.76. The van der Waals surface area contributed by atoms with Gasteiger partial charge in [-0.15, -0.1) is 0 Å². The van der Waals surface area contributed by atoms with Crippen molar-refractivity contribution < 1.29 is 0 Å². The lowest BCUT2D eigenvalue weighted by Crippen LogP contribution is -1.90. The standard InChI is InChI=1S/C24H22S2/c1-3-7-23-17-19(9-11-21(23)5-1)13-15-25-26-16-14-20-10-12-22-6-2-4-8-24(22)18-20/h1-12,17-18H,13-16H2. The van der Waals surface area contributed by atoms with Gasteiger partial charge >= 0.3 is 0 Å². The van der Waals surface area contributed by atoms with Gasteiger partial charge < -0.3 is 0 Å². The predicted molar refractivity (Wildman–Crippen MR) is 120 cm³/mol. The number of benzene rings is 4. The molecule has 0 aliphatic rings. The molecule has 0 atom stereocenters. The second-order valence-corrected chi connectivity index (χ2v) is 9.21. The summed E-state index contributed by atoms with van der Waals surface area (Å²) in [5.41, 5.74) is 2.87. The summed E-state index contributed by atoms with van der Waals surface area (Å²) in [6, 6.07) is 30.9. The fourth-order valence-electron chi connectivity index (χ4n) is 3.23. The van der Waals surface area contributed by atoms with Crippen molar-refractivity contribution in [1.82, 2.24) is 0 Å². The van der Waals surface area contributed by atoms with E-state index in [9.17, 15) is 0 Å². The fraction of sp³-hybridized carbons (Fsp3) is 0.167. The largest absolute Gasteiger partial charge is 0.0938 e. The summed E-state index contributed by atoms with van der Waals surface area (Å²) in [7, 11) is 3.99. The number of fused-ring (bicyclic) bond motifs is 2. The first-order valence-corrected chi connectivity index (χ1v) is 11.6. The first-order chi connectivity index (χ1) is 12.9. The van der Waals surface area contributed by atoms with E-state index < -0.39 is 0 Å². The van der Waals surface area contributed by atoms with Crippen LogP contribution in [0.2, 0.25) is 0 Å². The maximum atomic E-state index is 2.33. The van der Waals surface area contributed by atoms with E-state index in [1.54, 1.807) is 0 Å². The zero-order valence-electron chi connectivity index (χ0n) is 14.7. The molecule has 0 nitrogen and oxygen atoms in total. The molecule has 26 heavy (non-hydrogen) atoms. The van der Waals surface area contributed by atoms with Crippen molar-refractivity contribution in [2.24, 2.45) is 0 Å². The lowest BCUT2D eigenvalue weighted by molar-refractivity contribution is 1.16. The zero-order valence-corrected chi connectivity index (χ0v) is 16.4. The fourth-order valence-corrected chi connectivity index (χ4v) is 5.31. The highest BCUT2D eigenvalue weighted by Crippen LogP contribution is 2.25. The Bertz CT molecular complexity index is 924. The van der Waals surface area contributed by atoms with Crippen LogP contribution in [0.1, 0.15) is 11.1 Å². The van der Waals surface area contributed by atoms with E-state index in [-0.39, 0.29) is 0 Å². The van der Waals surface area contributed by atoms with Crippen LogP contribution in [-0.4, -0.2) is 11.5 Å². The lowest BCUT2D eigenvalue weighted by Gasteiger charge is -2.05. The normalized spacial score (nSPS) is 11.2. The Balaban J connectivity index is 1.22. The van der Waals surface area contributed by atoms with Crippen LogP contribution in [0.5, 0.6) is 0 Å². The molecule has 0 radical (unpaired) electrons. The number of hydrogen-bond donors (Lipinski definition) is 0. The van der Waals surface area contributed by atoms with Gasteiger partial charge in [-0.2, -0.15) is 0 Å². The molecule has 4 aromatic carbocycles. The molecular formula is C24H22S2. The van der Waals surface area contributed by atoms with Crippen LogP contribution < -0.4 is 0 Å². The summed E-state index contributed by atoms with van der Waals surface area (Å²) < 4.78 is 0. The van der Waals surface area contributed by atoms with Crippen molar-refractivity contribution in [3.05, 3.63) is 96.1 Å². The van der Waals surface area contributed by atoms with Crippen LogP contribution >= 0.6 is 21.6 Å². The van der Waals surface area contributed by atoms with Crippen LogP contribution in [0.25, 0.3) is 21.5 Å². The monoisotopic (exact) mass is 374 g/mol. The molecule has 0 N–H and O–H groups in total. The summed E-state index contributed by atoms with van der Waals surface area (Å²) in [4.78, 5) is 0. The smallest absolute Gasteiger partial charge is 0.00774 e. The highest BCUT2D eigenvalue weighted by Gasteiger charge is 1.99. The van der Waals surface area contributed by atoms with Gasteiger partial charge in [0.25, 0.3) is 0 Å². The maximum Gasteiger partial charge on any atom is 0.00774 e. The van der Waals surface area contributed by atoms with E-state index in [4.69, 9.17) is 0 Å². The molecule has 0 saturated carbocycles. The molecule has 0 amide bonds. The van der Waals surface area contributed by atoms with Crippen molar-refractivity contribution in [1.29, 1.82) is 0 Å². The van der Waals surface area contributed by atoms with E-state index in [2.05, 4.69) is 84.9 Å². The zero-order chi connectivity index (χ0) is 17.6. The van der Waals surface area contributed by atoms with Crippen molar-refractivity contribution >= 4 is 43.1 Å². The molecule has 0 spiro atoms. The van der Waals surface area contributed by atoms with Crippen LogP contribution in [0.4, 0.5) is 0 Å². The second kappa shape index (κ2) is 8.66. The van der Waals surface area contributed by atoms with Gasteiger partial charge in [-0.25, -0.2) is 0 Å². The maximum absolute atomic E-state index is 2.33. The van der Waals surface area contributed by atoms with Crippen molar-refractivity contribution in [2.45, 2.75) is 12.8 Å². The molecular weight excluding hydrogens is 352 g/mol. The Labute approximate surface area is 163 Å². The Morgan fingerprint density at radius 2 is 0.885 bits per heavy atom. The number of aryl methyl sites for hydroxylation is 2. The molecule has 0 heterocycles. The van der Waals surface area contributed by atoms with Gasteiger partial charge in [0.15, 0.2) is 0 Å². The minimum Gasteiger partial charge on any atom is -0.0938 e. The molecule has 0 aromatic heterocycles. The summed E-state index contributed by atoms with van der Waals surface area (Å²) in [6.45, 7) is 0. The van der Waals surface area contributed by atoms with Crippen LogP contribution in [0.3, 0.4) is 0 Å². The van der Waals surface area contributed by atoms with Gasteiger partial charge in [-0.1, -0.05) is 107 Å². The van der Waals surface area contributed by atoms with E-state index in [1.165, 1.54) is 44.2 Å². The molecule has 4 aromatic rings. The van der Waals surface area contributed by atoms with E-state index in [0.717, 1.165) is 12.8 Å². The molecule has 4 rings (SSSR count). The third-order valence-corrected chi connectivity index (χ3v) is 7.07. The van der Waals surface area contributed by atoms with Gasteiger partial charge in [0, 0.05) is 11.5 Å². The van der Waals surface area contributed by atoms with Crippen LogP contribution in [0, 0.1) is 0 Å². The average Bonchev–Trinajstić information content (AvgIpc) is 2.70. The Hall–Kier alpha value is -1.90. The van der Waals surface area contributed by atoms with Gasteiger partial charge in [-0.05, 0) is 45.5 Å². The van der Waals surface area contributed by atoms with E-state index in [0.29, 0.717) is 0 Å². The number of rotatable bonds is 7. The summed E-state index contributed by atoms with van der Waals surface area (Å²) in [5.74, 6) is 2.33. The quantitative estimate of drug-likeness (QED) is 0.249. The van der Waals surface area contributed by atoms with Crippen molar-refractivity contribution in [3.63, 3.8) is 0 Å². The first-order valence-electron chi connectivity index (χ1n) is 9.08. The van der Waals surface area contributed by atoms with Crippen molar-refractivity contribution in [3.8, 4) is 0 Å². The average molecular weight is 375 g/mol. The molecule has 0 bridgehead atoms. The minimum atomic E-state index is 1.14. The highest BCUT2D eigenvalue weighted by atomic mass is 33.1. The molecule has 0 aliphatic carbocycles. The molecule has 2 heteroatoms. The molecule has 0 saturated heterocycles. The van der Waals surface area contributed by atoms with Gasteiger partial charge in [0.1, 0.15) is 0 Å². The molecule has 130 valence electrons. The van der Waals surface area contributed by atoms with Crippen molar-refractivity contribution in [2.75, 3.05) is 11.5 Å². The number of hydrogen-bond acceptors (Lipinski definition) is 2. The second-order valence-electron chi connectivity index (χ2n) is 6.51. The first kappa shape index (κ1) is 17.5. The predicted octanol–water partition coefficient (Wildman–Crippen LogP) is 7.16. The summed E-state index contributed by atoms with van der Waals surface area (Å²) >= 11 is 0. The van der Waals surface area contributed by atoms with Gasteiger partial charge in [0.05, 0.1) is 0 Å². The third kappa shape index (κ3) is 4.44. The minimum absolute atomic E-state index is 1.14. The van der Waals surface area contributed by atoms with E-state index in [1.807, 2.05) is 21.6 Å². The molecule has 0 aliphatic heterocycles. The molecule has 0 unspecified atom stereocenters. The lowest BCUT2D eigenvalue weighted by atomic mass is 10.1. The third-order valence-electron chi connectivity index (χ3n) is 4.66. The molecule has 0 fully saturated rings. The van der Waals surface area contributed by atoms with Crippen LogP contribution in [-0.2, 0) is 12.8 Å². The summed E-state index contributed by atoms with van der Waals surface area (Å²) in [6.07, 6.45) is 2.27. The summed E-state index contributed by atoms with van der Waals surface area (Å²) in [5, 5.41) is 5.35. The van der Waals surface area contributed by atoms with Gasteiger partial charge in [0.2, 0.25) is 0 Å². The SMILES string of the molecule is c1ccc2cc(CCSSCCc3ccc4ccccc4c3)ccc2c1. The Morgan fingerprint density at radius 3 is 1.35 bits per heavy atom. The van der Waals surface area contributed by atoms with Gasteiger partial charge in [-0.3, -0.25) is 0 Å². The van der Waals surface area contributed by atoms with Crippen LogP contribution in [0.15, 0.2) is 84.9 Å². The van der Waals surface area contributed by atoms with E-state index >= 15 is 0 Å². The Morgan fingerprint density at radius 1 is 0.462 bits per heavy atom. The topological polar surface area (TPSA) is 0 Å².